The molecule has 0 unspecified atom stereocenters. The van der Waals surface area contributed by atoms with Crippen molar-refractivity contribution < 1.29 is 9.66 Å². The highest BCUT2D eigenvalue weighted by molar-refractivity contribution is 9.10. The Kier molecular flexibility index (Phi) is 4.19. The Morgan fingerprint density at radius 3 is 2.75 bits per heavy atom. The number of benzene rings is 1. The minimum atomic E-state index is -0.508. The number of ether oxygens (including phenoxy) is 1. The van der Waals surface area contributed by atoms with E-state index in [1.54, 1.807) is 18.3 Å². The van der Waals surface area contributed by atoms with Crippen LogP contribution < -0.4 is 10.3 Å². The zero-order chi connectivity index (χ0) is 14.7. The highest BCUT2D eigenvalue weighted by Crippen LogP contribution is 2.27. The Bertz CT molecular complexity index is 712. The number of hydrogen-bond acceptors (Lipinski definition) is 4. The van der Waals surface area contributed by atoms with E-state index in [0.717, 1.165) is 4.47 Å². The number of rotatable bonds is 4. The van der Waals surface area contributed by atoms with E-state index >= 15 is 0 Å². The number of halogens is 1. The molecular weight excluding hydrogens is 328 g/mol. The Morgan fingerprint density at radius 1 is 1.35 bits per heavy atom. The summed E-state index contributed by atoms with van der Waals surface area (Å²) in [5.74, 6) is 0.195. The maximum absolute atomic E-state index is 11.7. The van der Waals surface area contributed by atoms with Gasteiger partial charge in [0.15, 0.2) is 5.75 Å². The first-order valence-corrected chi connectivity index (χ1v) is 6.48. The topological polar surface area (TPSA) is 74.4 Å². The SMILES string of the molecule is COc1ccc(Cn2cc(Br)ccc2=O)cc1[N+](=O)[O-]. The molecule has 2 aromatic rings. The Morgan fingerprint density at radius 2 is 2.10 bits per heavy atom. The first-order valence-electron chi connectivity index (χ1n) is 5.68. The van der Waals surface area contributed by atoms with Crippen molar-refractivity contribution in [3.63, 3.8) is 0 Å². The van der Waals surface area contributed by atoms with Gasteiger partial charge in [0.1, 0.15) is 0 Å². The molecule has 2 rings (SSSR count). The van der Waals surface area contributed by atoms with Crippen molar-refractivity contribution >= 4 is 21.6 Å². The summed E-state index contributed by atoms with van der Waals surface area (Å²) in [7, 11) is 1.38. The highest BCUT2D eigenvalue weighted by atomic mass is 79.9. The number of nitro benzene ring substituents is 1. The third-order valence-electron chi connectivity index (χ3n) is 2.74. The van der Waals surface area contributed by atoms with Gasteiger partial charge in [-0.15, -0.1) is 0 Å². The van der Waals surface area contributed by atoms with E-state index in [-0.39, 0.29) is 23.5 Å². The van der Waals surface area contributed by atoms with Gasteiger partial charge in [0, 0.05) is 22.8 Å². The quantitative estimate of drug-likeness (QED) is 0.634. The molecular formula is C13H11BrN2O4. The minimum absolute atomic E-state index is 0.118. The molecule has 7 heteroatoms. The van der Waals surface area contributed by atoms with E-state index in [2.05, 4.69) is 15.9 Å². The van der Waals surface area contributed by atoms with Gasteiger partial charge in [0.25, 0.3) is 5.56 Å². The Hall–Kier alpha value is -2.15. The molecule has 0 N–H and O–H groups in total. The molecule has 0 aliphatic heterocycles. The van der Waals surface area contributed by atoms with Crippen molar-refractivity contribution in [2.24, 2.45) is 0 Å². The summed E-state index contributed by atoms with van der Waals surface area (Å²) in [6, 6.07) is 7.71. The molecule has 0 fully saturated rings. The predicted molar refractivity (Wildman–Crippen MR) is 77.2 cm³/mol. The molecule has 0 spiro atoms. The number of methoxy groups -OCH3 is 1. The van der Waals surface area contributed by atoms with Crippen LogP contribution in [-0.4, -0.2) is 16.6 Å². The molecule has 0 aliphatic rings. The van der Waals surface area contributed by atoms with Crippen LogP contribution in [0.1, 0.15) is 5.56 Å². The van der Waals surface area contributed by atoms with Gasteiger partial charge in [-0.05, 0) is 33.6 Å². The molecule has 1 aromatic heterocycles. The van der Waals surface area contributed by atoms with Crippen LogP contribution in [0.2, 0.25) is 0 Å². The van der Waals surface area contributed by atoms with E-state index in [0.29, 0.717) is 5.56 Å². The summed E-state index contributed by atoms with van der Waals surface area (Å²) in [5.41, 5.74) is 0.359. The second kappa shape index (κ2) is 5.87. The van der Waals surface area contributed by atoms with Crippen LogP contribution >= 0.6 is 15.9 Å². The van der Waals surface area contributed by atoms with E-state index in [4.69, 9.17) is 4.74 Å². The lowest BCUT2D eigenvalue weighted by atomic mass is 10.2. The van der Waals surface area contributed by atoms with E-state index in [9.17, 15) is 14.9 Å². The summed E-state index contributed by atoms with van der Waals surface area (Å²) in [6.07, 6.45) is 1.64. The predicted octanol–water partition coefficient (Wildman–Crippen LogP) is 2.58. The van der Waals surface area contributed by atoms with Crippen LogP contribution in [0.3, 0.4) is 0 Å². The summed E-state index contributed by atoms with van der Waals surface area (Å²) < 4.78 is 7.17. The molecule has 0 atom stereocenters. The zero-order valence-electron chi connectivity index (χ0n) is 10.6. The molecule has 0 aliphatic carbocycles. The third-order valence-corrected chi connectivity index (χ3v) is 3.21. The Labute approximate surface area is 122 Å². The van der Waals surface area contributed by atoms with Crippen molar-refractivity contribution in [3.05, 3.63) is 67.0 Å². The number of aromatic nitrogens is 1. The molecule has 0 amide bonds. The molecule has 1 aromatic carbocycles. The van der Waals surface area contributed by atoms with Crippen molar-refractivity contribution in [1.82, 2.24) is 4.57 Å². The average molecular weight is 339 g/mol. The highest BCUT2D eigenvalue weighted by Gasteiger charge is 2.15. The van der Waals surface area contributed by atoms with Crippen LogP contribution in [0.25, 0.3) is 0 Å². The lowest BCUT2D eigenvalue weighted by molar-refractivity contribution is -0.385. The summed E-state index contributed by atoms with van der Waals surface area (Å²) in [4.78, 5) is 22.1. The van der Waals surface area contributed by atoms with Gasteiger partial charge >= 0.3 is 5.69 Å². The van der Waals surface area contributed by atoms with Crippen LogP contribution in [0.15, 0.2) is 45.8 Å². The molecule has 0 radical (unpaired) electrons. The van der Waals surface area contributed by atoms with Gasteiger partial charge in [-0.2, -0.15) is 0 Å². The normalized spacial score (nSPS) is 10.3. The lowest BCUT2D eigenvalue weighted by Crippen LogP contribution is -2.18. The molecule has 1 heterocycles. The number of pyridine rings is 1. The fourth-order valence-corrected chi connectivity index (χ4v) is 2.18. The van der Waals surface area contributed by atoms with Gasteiger partial charge in [-0.1, -0.05) is 6.07 Å². The maximum atomic E-state index is 11.7. The van der Waals surface area contributed by atoms with Gasteiger partial charge in [-0.25, -0.2) is 0 Å². The van der Waals surface area contributed by atoms with Crippen LogP contribution in [0.4, 0.5) is 5.69 Å². The number of nitro groups is 1. The third kappa shape index (κ3) is 3.05. The van der Waals surface area contributed by atoms with Crippen molar-refractivity contribution in [3.8, 4) is 5.75 Å². The standard InChI is InChI=1S/C13H11BrN2O4/c1-20-12-4-2-9(6-11(12)16(18)19)7-15-8-10(14)3-5-13(15)17/h2-6,8H,7H2,1H3. The summed E-state index contributed by atoms with van der Waals surface area (Å²) >= 11 is 3.28. The molecule has 0 saturated heterocycles. The maximum Gasteiger partial charge on any atom is 0.311 e. The second-order valence-corrected chi connectivity index (χ2v) is 4.99. The van der Waals surface area contributed by atoms with Crippen LogP contribution in [0.5, 0.6) is 5.75 Å². The second-order valence-electron chi connectivity index (χ2n) is 4.08. The molecule has 20 heavy (non-hydrogen) atoms. The van der Waals surface area contributed by atoms with Gasteiger partial charge < -0.3 is 9.30 Å². The fraction of sp³-hybridized carbons (Fsp3) is 0.154. The smallest absolute Gasteiger partial charge is 0.311 e. The van der Waals surface area contributed by atoms with Crippen LogP contribution in [0, 0.1) is 10.1 Å². The van der Waals surface area contributed by atoms with Crippen molar-refractivity contribution in [2.75, 3.05) is 7.11 Å². The molecule has 6 nitrogen and oxygen atoms in total. The Balaban J connectivity index is 2.39. The van der Waals surface area contributed by atoms with Crippen LogP contribution in [-0.2, 0) is 6.54 Å². The van der Waals surface area contributed by atoms with E-state index in [1.807, 2.05) is 0 Å². The average Bonchev–Trinajstić information content (AvgIpc) is 2.42. The van der Waals surface area contributed by atoms with Gasteiger partial charge in [0.2, 0.25) is 0 Å². The molecule has 104 valence electrons. The number of hydrogen-bond donors (Lipinski definition) is 0. The van der Waals surface area contributed by atoms with Crippen molar-refractivity contribution in [2.45, 2.75) is 6.54 Å². The first-order chi connectivity index (χ1) is 9.51. The van der Waals surface area contributed by atoms with Gasteiger partial charge in [0.05, 0.1) is 18.6 Å². The first kappa shape index (κ1) is 14.3. The molecule has 0 bridgehead atoms. The monoisotopic (exact) mass is 338 g/mol. The van der Waals surface area contributed by atoms with E-state index in [1.165, 1.54) is 29.9 Å². The van der Waals surface area contributed by atoms with Crippen molar-refractivity contribution in [1.29, 1.82) is 0 Å². The fourth-order valence-electron chi connectivity index (χ4n) is 1.80. The zero-order valence-corrected chi connectivity index (χ0v) is 12.2. The lowest BCUT2D eigenvalue weighted by Gasteiger charge is -2.07. The van der Waals surface area contributed by atoms with Gasteiger partial charge in [-0.3, -0.25) is 14.9 Å². The minimum Gasteiger partial charge on any atom is -0.490 e. The van der Waals surface area contributed by atoms with E-state index < -0.39 is 4.92 Å². The largest absolute Gasteiger partial charge is 0.490 e. The summed E-state index contributed by atoms with van der Waals surface area (Å²) in [6.45, 7) is 0.253. The summed E-state index contributed by atoms with van der Waals surface area (Å²) in [5, 5.41) is 11.0. The number of nitrogens with zero attached hydrogens (tertiary/aromatic N) is 2. The molecule has 0 saturated carbocycles.